The fourth-order valence-corrected chi connectivity index (χ4v) is 2.13. The average molecular weight is 288 g/mol. The van der Waals surface area contributed by atoms with E-state index in [2.05, 4.69) is 4.98 Å². The second-order valence-electron chi connectivity index (χ2n) is 6.20. The number of carbonyl (C=O) groups excluding carboxylic acids is 2. The minimum Gasteiger partial charge on any atom is -0.458 e. The zero-order chi connectivity index (χ0) is 15.7. The number of rotatable bonds is 4. The molecule has 1 atom stereocenters. The number of aldehydes is 1. The van der Waals surface area contributed by atoms with E-state index in [4.69, 9.17) is 10.5 Å². The zero-order valence-corrected chi connectivity index (χ0v) is 12.5. The molecule has 112 valence electrons. The number of ether oxygens (including phenoxy) is 1. The molecule has 0 amide bonds. The largest absolute Gasteiger partial charge is 0.458 e. The predicted molar refractivity (Wildman–Crippen MR) is 80.8 cm³/mol. The van der Waals surface area contributed by atoms with Crippen LogP contribution in [0.1, 0.15) is 26.3 Å². The lowest BCUT2D eigenvalue weighted by molar-refractivity contribution is -0.162. The third-order valence-electron chi connectivity index (χ3n) is 3.15. The van der Waals surface area contributed by atoms with Crippen LogP contribution in [0.25, 0.3) is 10.9 Å². The first-order valence-corrected chi connectivity index (χ1v) is 6.79. The molecule has 1 heterocycles. The second kappa shape index (κ2) is 5.33. The van der Waals surface area contributed by atoms with Gasteiger partial charge in [0.2, 0.25) is 0 Å². The van der Waals surface area contributed by atoms with Crippen LogP contribution in [0.4, 0.5) is 0 Å². The number of para-hydroxylation sites is 1. The van der Waals surface area contributed by atoms with E-state index in [-0.39, 0.29) is 6.42 Å². The Labute approximate surface area is 123 Å². The van der Waals surface area contributed by atoms with Gasteiger partial charge in [0.25, 0.3) is 0 Å². The van der Waals surface area contributed by atoms with Gasteiger partial charge in [0.1, 0.15) is 5.60 Å². The summed E-state index contributed by atoms with van der Waals surface area (Å²) in [6, 6.07) is 7.64. The van der Waals surface area contributed by atoms with Crippen LogP contribution in [0.2, 0.25) is 0 Å². The Hall–Kier alpha value is -2.14. The molecule has 0 bridgehead atoms. The molecule has 0 aliphatic heterocycles. The van der Waals surface area contributed by atoms with Crippen molar-refractivity contribution in [3.05, 3.63) is 36.0 Å². The highest BCUT2D eigenvalue weighted by molar-refractivity contribution is 5.99. The molecular formula is C16H20N2O3. The monoisotopic (exact) mass is 288 g/mol. The lowest BCUT2D eigenvalue weighted by atomic mass is 9.93. The smallest absolute Gasteiger partial charge is 0.334 e. The Bertz CT molecular complexity index is 669. The lowest BCUT2D eigenvalue weighted by Crippen LogP contribution is -2.54. The summed E-state index contributed by atoms with van der Waals surface area (Å²) in [5.41, 5.74) is 5.35. The minimum absolute atomic E-state index is 0.0927. The first-order valence-electron chi connectivity index (χ1n) is 6.79. The summed E-state index contributed by atoms with van der Waals surface area (Å²) in [7, 11) is 0. The van der Waals surface area contributed by atoms with Crippen LogP contribution in [0.15, 0.2) is 30.5 Å². The first kappa shape index (κ1) is 15.3. The van der Waals surface area contributed by atoms with Crippen LogP contribution in [0.5, 0.6) is 0 Å². The Morgan fingerprint density at radius 3 is 2.62 bits per heavy atom. The molecular weight excluding hydrogens is 268 g/mol. The van der Waals surface area contributed by atoms with Gasteiger partial charge < -0.3 is 20.2 Å². The maximum Gasteiger partial charge on any atom is 0.334 e. The van der Waals surface area contributed by atoms with Crippen molar-refractivity contribution >= 4 is 23.2 Å². The first-order chi connectivity index (χ1) is 9.75. The van der Waals surface area contributed by atoms with Crippen molar-refractivity contribution in [3.63, 3.8) is 0 Å². The van der Waals surface area contributed by atoms with Gasteiger partial charge in [-0.2, -0.15) is 0 Å². The molecule has 1 aromatic carbocycles. The Morgan fingerprint density at radius 2 is 2.00 bits per heavy atom. The van der Waals surface area contributed by atoms with E-state index in [9.17, 15) is 9.59 Å². The molecule has 0 fully saturated rings. The van der Waals surface area contributed by atoms with Crippen molar-refractivity contribution in [2.24, 2.45) is 5.73 Å². The summed E-state index contributed by atoms with van der Waals surface area (Å²) in [4.78, 5) is 26.7. The fraction of sp³-hybridized carbons (Fsp3) is 0.375. The van der Waals surface area contributed by atoms with Crippen LogP contribution >= 0.6 is 0 Å². The number of nitrogens with two attached hydrogens (primary N) is 1. The van der Waals surface area contributed by atoms with E-state index in [0.717, 1.165) is 16.5 Å². The molecule has 0 radical (unpaired) electrons. The van der Waals surface area contributed by atoms with Gasteiger partial charge in [-0.1, -0.05) is 18.2 Å². The van der Waals surface area contributed by atoms with Crippen molar-refractivity contribution in [2.75, 3.05) is 0 Å². The molecule has 0 saturated heterocycles. The summed E-state index contributed by atoms with van der Waals surface area (Å²) in [6.07, 6.45) is 2.32. The quantitative estimate of drug-likeness (QED) is 0.511. The van der Waals surface area contributed by atoms with Gasteiger partial charge in [0.15, 0.2) is 11.8 Å². The second-order valence-corrected chi connectivity index (χ2v) is 6.20. The number of fused-ring (bicyclic) bond motifs is 1. The number of carbonyl (C=O) groups is 2. The van der Waals surface area contributed by atoms with Gasteiger partial charge in [0, 0.05) is 23.5 Å². The highest BCUT2D eigenvalue weighted by atomic mass is 16.6. The van der Waals surface area contributed by atoms with E-state index in [0.29, 0.717) is 6.29 Å². The molecule has 1 aromatic heterocycles. The van der Waals surface area contributed by atoms with Crippen molar-refractivity contribution in [1.82, 2.24) is 4.98 Å². The summed E-state index contributed by atoms with van der Waals surface area (Å²) >= 11 is 0. The summed E-state index contributed by atoms with van der Waals surface area (Å²) in [5, 5.41) is 0.942. The van der Waals surface area contributed by atoms with Crippen LogP contribution in [0.3, 0.4) is 0 Å². The topological polar surface area (TPSA) is 85.2 Å². The summed E-state index contributed by atoms with van der Waals surface area (Å²) in [6.45, 7) is 5.21. The number of aromatic nitrogens is 1. The summed E-state index contributed by atoms with van der Waals surface area (Å²) in [5.74, 6) is -0.713. The molecule has 0 unspecified atom stereocenters. The van der Waals surface area contributed by atoms with Crippen molar-refractivity contribution in [2.45, 2.75) is 38.3 Å². The Balaban J connectivity index is 2.29. The minimum atomic E-state index is -1.68. The van der Waals surface area contributed by atoms with Gasteiger partial charge in [0.05, 0.1) is 0 Å². The number of esters is 1. The van der Waals surface area contributed by atoms with Crippen molar-refractivity contribution in [1.29, 1.82) is 0 Å². The molecule has 0 aliphatic carbocycles. The number of benzene rings is 1. The maximum atomic E-state index is 12.2. The van der Waals surface area contributed by atoms with E-state index in [1.807, 2.05) is 24.3 Å². The fourth-order valence-electron chi connectivity index (χ4n) is 2.13. The van der Waals surface area contributed by atoms with Gasteiger partial charge in [-0.25, -0.2) is 4.79 Å². The van der Waals surface area contributed by atoms with Crippen LogP contribution < -0.4 is 5.73 Å². The standard InChI is InChI=1S/C16H20N2O3/c1-15(2,3)21-14(20)16(17,10-19)8-11-9-18-13-7-5-4-6-12(11)13/h4-7,9-10,18H,8,17H2,1-3H3/t16-/m0/s1. The highest BCUT2D eigenvalue weighted by Crippen LogP contribution is 2.22. The van der Waals surface area contributed by atoms with E-state index < -0.39 is 17.1 Å². The normalized spacial score (nSPS) is 14.7. The van der Waals surface area contributed by atoms with Gasteiger partial charge in [-0.15, -0.1) is 0 Å². The number of hydrogen-bond acceptors (Lipinski definition) is 4. The lowest BCUT2D eigenvalue weighted by Gasteiger charge is -2.27. The molecule has 2 aromatic rings. The Kier molecular flexibility index (Phi) is 3.87. The number of H-pyrrole nitrogens is 1. The average Bonchev–Trinajstić information content (AvgIpc) is 2.80. The number of aromatic amines is 1. The number of hydrogen-bond donors (Lipinski definition) is 2. The molecule has 0 spiro atoms. The molecule has 21 heavy (non-hydrogen) atoms. The molecule has 0 aliphatic rings. The zero-order valence-electron chi connectivity index (χ0n) is 12.5. The predicted octanol–water partition coefficient (Wildman–Crippen LogP) is 1.95. The number of nitrogens with one attached hydrogen (secondary N) is 1. The van der Waals surface area contributed by atoms with Crippen molar-refractivity contribution < 1.29 is 14.3 Å². The maximum absolute atomic E-state index is 12.2. The van der Waals surface area contributed by atoms with E-state index in [1.165, 1.54) is 0 Å². The molecule has 5 nitrogen and oxygen atoms in total. The van der Waals surface area contributed by atoms with Crippen molar-refractivity contribution in [3.8, 4) is 0 Å². The van der Waals surface area contributed by atoms with Crippen LogP contribution in [0, 0.1) is 0 Å². The third-order valence-corrected chi connectivity index (χ3v) is 3.15. The molecule has 5 heteroatoms. The van der Waals surface area contributed by atoms with Crippen LogP contribution in [-0.2, 0) is 20.7 Å². The summed E-state index contributed by atoms with van der Waals surface area (Å²) < 4.78 is 5.25. The molecule has 2 rings (SSSR count). The Morgan fingerprint density at radius 1 is 1.33 bits per heavy atom. The SMILES string of the molecule is CC(C)(C)OC(=O)[C@@](N)(C=O)Cc1c[nH]c2ccccc12. The third kappa shape index (κ3) is 3.31. The van der Waals surface area contributed by atoms with Crippen LogP contribution in [-0.4, -0.2) is 28.4 Å². The van der Waals surface area contributed by atoms with Gasteiger partial charge >= 0.3 is 5.97 Å². The molecule has 0 saturated carbocycles. The molecule has 3 N–H and O–H groups in total. The highest BCUT2D eigenvalue weighted by Gasteiger charge is 2.38. The van der Waals surface area contributed by atoms with E-state index in [1.54, 1.807) is 27.0 Å². The van der Waals surface area contributed by atoms with Gasteiger partial charge in [-0.3, -0.25) is 0 Å². The van der Waals surface area contributed by atoms with E-state index >= 15 is 0 Å². The van der Waals surface area contributed by atoms with Gasteiger partial charge in [-0.05, 0) is 32.4 Å².